The van der Waals surface area contributed by atoms with E-state index in [4.69, 9.17) is 11.6 Å². The van der Waals surface area contributed by atoms with Crippen molar-refractivity contribution in [3.8, 4) is 0 Å². The van der Waals surface area contributed by atoms with E-state index in [1.54, 1.807) is 0 Å². The topological polar surface area (TPSA) is 0 Å². The Bertz CT molecular complexity index is 237. The van der Waals surface area contributed by atoms with Gasteiger partial charge >= 0.3 is 6.18 Å². The second kappa shape index (κ2) is 3.13. The van der Waals surface area contributed by atoms with E-state index in [2.05, 4.69) is 0 Å². The first-order chi connectivity index (χ1) is 5.41. The number of rotatable bonds is 0. The van der Waals surface area contributed by atoms with Crippen LogP contribution < -0.4 is 0 Å². The van der Waals surface area contributed by atoms with Crippen molar-refractivity contribution in [2.75, 3.05) is 0 Å². The van der Waals surface area contributed by atoms with E-state index in [9.17, 15) is 13.2 Å². The highest BCUT2D eigenvalue weighted by atomic mass is 35.5. The zero-order valence-electron chi connectivity index (χ0n) is 6.45. The van der Waals surface area contributed by atoms with Crippen molar-refractivity contribution in [2.45, 2.75) is 19.5 Å². The maximum absolute atomic E-state index is 12.2. The lowest BCUT2D eigenvalue weighted by Crippen LogP contribution is -2.25. The van der Waals surface area contributed by atoms with Gasteiger partial charge in [0.2, 0.25) is 0 Å². The smallest absolute Gasteiger partial charge is 0.170 e. The Morgan fingerprint density at radius 3 is 2.42 bits per heavy atom. The Kier molecular flexibility index (Phi) is 2.52. The lowest BCUT2D eigenvalue weighted by atomic mass is 9.92. The van der Waals surface area contributed by atoms with E-state index in [0.717, 1.165) is 0 Å². The highest BCUT2D eigenvalue weighted by Crippen LogP contribution is 2.39. The Hall–Kier alpha value is -0.440. The summed E-state index contributed by atoms with van der Waals surface area (Å²) >= 11 is 5.50. The quantitative estimate of drug-likeness (QED) is 0.555. The maximum atomic E-state index is 12.2. The monoisotopic (exact) mass is 196 g/mol. The van der Waals surface area contributed by atoms with Gasteiger partial charge in [-0.1, -0.05) is 23.3 Å². The third kappa shape index (κ3) is 2.03. The summed E-state index contributed by atoms with van der Waals surface area (Å²) in [5.74, 6) is -1.39. The van der Waals surface area contributed by atoms with Gasteiger partial charge in [-0.3, -0.25) is 0 Å². The summed E-state index contributed by atoms with van der Waals surface area (Å²) in [6.07, 6.45) is -1.36. The molecule has 0 saturated heterocycles. The van der Waals surface area contributed by atoms with Crippen molar-refractivity contribution in [3.63, 3.8) is 0 Å². The van der Waals surface area contributed by atoms with Gasteiger partial charge in [0, 0.05) is 5.03 Å². The molecule has 4 heteroatoms. The van der Waals surface area contributed by atoms with Gasteiger partial charge in [0.05, 0.1) is 5.92 Å². The van der Waals surface area contributed by atoms with Crippen LogP contribution in [0.4, 0.5) is 13.2 Å². The second-order valence-electron chi connectivity index (χ2n) is 2.82. The Labute approximate surface area is 73.7 Å². The Balaban J connectivity index is 2.84. The molecule has 0 aromatic heterocycles. The van der Waals surface area contributed by atoms with Crippen LogP contribution in [-0.2, 0) is 0 Å². The van der Waals surface area contributed by atoms with E-state index in [1.807, 2.05) is 0 Å². The molecule has 1 atom stereocenters. The first kappa shape index (κ1) is 9.65. The number of hydrogen-bond acceptors (Lipinski definition) is 0. The summed E-state index contributed by atoms with van der Waals surface area (Å²) in [6, 6.07) is 0. The molecule has 0 aromatic rings. The number of alkyl halides is 3. The van der Waals surface area contributed by atoms with E-state index < -0.39 is 12.1 Å². The molecule has 0 nitrogen and oxygen atoms in total. The number of allylic oxidation sites excluding steroid dienone is 4. The fraction of sp³-hybridized carbons (Fsp3) is 0.500. The van der Waals surface area contributed by atoms with Crippen LogP contribution in [0.1, 0.15) is 13.3 Å². The highest BCUT2D eigenvalue weighted by Gasteiger charge is 2.41. The molecule has 12 heavy (non-hydrogen) atoms. The SMILES string of the molecule is CC1=CC=C(Cl)CC1C(F)(F)F. The molecule has 0 aromatic carbocycles. The molecule has 1 aliphatic rings. The van der Waals surface area contributed by atoms with Crippen molar-refractivity contribution >= 4 is 11.6 Å². The van der Waals surface area contributed by atoms with Crippen LogP contribution in [-0.4, -0.2) is 6.18 Å². The van der Waals surface area contributed by atoms with Gasteiger partial charge in [0.1, 0.15) is 0 Å². The molecule has 1 unspecified atom stereocenters. The molecule has 0 N–H and O–H groups in total. The van der Waals surface area contributed by atoms with Crippen LogP contribution in [0, 0.1) is 5.92 Å². The van der Waals surface area contributed by atoms with Gasteiger partial charge in [0.15, 0.2) is 0 Å². The summed E-state index contributed by atoms with van der Waals surface area (Å²) in [6.45, 7) is 1.47. The molecule has 1 aliphatic carbocycles. The predicted octanol–water partition coefficient (Wildman–Crippen LogP) is 3.64. The Morgan fingerprint density at radius 2 is 2.00 bits per heavy atom. The van der Waals surface area contributed by atoms with Crippen molar-refractivity contribution < 1.29 is 13.2 Å². The predicted molar refractivity (Wildman–Crippen MR) is 41.9 cm³/mol. The summed E-state index contributed by atoms with van der Waals surface area (Å²) in [7, 11) is 0. The zero-order valence-corrected chi connectivity index (χ0v) is 7.21. The third-order valence-electron chi connectivity index (χ3n) is 1.87. The minimum absolute atomic E-state index is 0.118. The number of hydrogen-bond donors (Lipinski definition) is 0. The van der Waals surface area contributed by atoms with E-state index in [1.165, 1.54) is 19.1 Å². The van der Waals surface area contributed by atoms with Crippen LogP contribution in [0.15, 0.2) is 22.8 Å². The van der Waals surface area contributed by atoms with Crippen LogP contribution in [0.3, 0.4) is 0 Å². The molecule has 0 fully saturated rings. The largest absolute Gasteiger partial charge is 0.395 e. The first-order valence-corrected chi connectivity index (χ1v) is 3.88. The molecule has 0 radical (unpaired) electrons. The van der Waals surface area contributed by atoms with Gasteiger partial charge in [-0.05, 0) is 19.4 Å². The molecule has 0 aliphatic heterocycles. The van der Waals surface area contributed by atoms with Crippen LogP contribution in [0.2, 0.25) is 0 Å². The molecule has 0 heterocycles. The fourth-order valence-electron chi connectivity index (χ4n) is 1.14. The van der Waals surface area contributed by atoms with Gasteiger partial charge in [-0.15, -0.1) is 0 Å². The van der Waals surface area contributed by atoms with Crippen molar-refractivity contribution in [1.29, 1.82) is 0 Å². The van der Waals surface area contributed by atoms with E-state index in [0.29, 0.717) is 5.57 Å². The average molecular weight is 197 g/mol. The van der Waals surface area contributed by atoms with Gasteiger partial charge in [-0.25, -0.2) is 0 Å². The average Bonchev–Trinajstić information content (AvgIpc) is 1.92. The fourth-order valence-corrected chi connectivity index (χ4v) is 1.35. The molecule has 0 amide bonds. The summed E-state index contributed by atoms with van der Waals surface area (Å²) in [5, 5.41) is 0.267. The zero-order chi connectivity index (χ0) is 9.35. The van der Waals surface area contributed by atoms with Crippen LogP contribution in [0.5, 0.6) is 0 Å². The molecule has 0 spiro atoms. The standard InChI is InChI=1S/C8H8ClF3/c1-5-2-3-6(9)4-7(5)8(10,11)12/h2-3,7H,4H2,1H3. The lowest BCUT2D eigenvalue weighted by molar-refractivity contribution is -0.163. The molecule has 1 rings (SSSR count). The molecular formula is C8H8ClF3. The van der Waals surface area contributed by atoms with Crippen LogP contribution >= 0.6 is 11.6 Å². The Morgan fingerprint density at radius 1 is 1.42 bits per heavy atom. The van der Waals surface area contributed by atoms with E-state index in [-0.39, 0.29) is 11.5 Å². The van der Waals surface area contributed by atoms with Crippen molar-refractivity contribution in [1.82, 2.24) is 0 Å². The van der Waals surface area contributed by atoms with Gasteiger partial charge in [0.25, 0.3) is 0 Å². The van der Waals surface area contributed by atoms with E-state index >= 15 is 0 Å². The van der Waals surface area contributed by atoms with Gasteiger partial charge in [-0.2, -0.15) is 13.2 Å². The molecule has 0 bridgehead atoms. The summed E-state index contributed by atoms with van der Waals surface area (Å²) < 4.78 is 36.7. The normalized spacial score (nSPS) is 24.9. The molecular weight excluding hydrogens is 189 g/mol. The summed E-state index contributed by atoms with van der Waals surface area (Å²) in [4.78, 5) is 0. The molecule has 68 valence electrons. The second-order valence-corrected chi connectivity index (χ2v) is 3.31. The first-order valence-electron chi connectivity index (χ1n) is 3.51. The highest BCUT2D eigenvalue weighted by molar-refractivity contribution is 6.29. The molecule has 0 saturated carbocycles. The lowest BCUT2D eigenvalue weighted by Gasteiger charge is -2.22. The van der Waals surface area contributed by atoms with Crippen molar-refractivity contribution in [3.05, 3.63) is 22.8 Å². The van der Waals surface area contributed by atoms with Gasteiger partial charge < -0.3 is 0 Å². The number of halogens is 4. The maximum Gasteiger partial charge on any atom is 0.395 e. The third-order valence-corrected chi connectivity index (χ3v) is 2.15. The van der Waals surface area contributed by atoms with Crippen molar-refractivity contribution in [2.24, 2.45) is 5.92 Å². The summed E-state index contributed by atoms with van der Waals surface area (Å²) in [5.41, 5.74) is 0.326. The minimum atomic E-state index is -4.17. The minimum Gasteiger partial charge on any atom is -0.170 e. The van der Waals surface area contributed by atoms with Crippen LogP contribution in [0.25, 0.3) is 0 Å².